The summed E-state index contributed by atoms with van der Waals surface area (Å²) in [7, 11) is 1.63. The van der Waals surface area contributed by atoms with Crippen LogP contribution in [-0.4, -0.2) is 59.9 Å². The molecular formula is C9H16N2O4. The van der Waals surface area contributed by atoms with Crippen molar-refractivity contribution in [2.75, 3.05) is 26.7 Å². The fourth-order valence-electron chi connectivity index (χ4n) is 1.61. The summed E-state index contributed by atoms with van der Waals surface area (Å²) in [4.78, 5) is 24.8. The summed E-state index contributed by atoms with van der Waals surface area (Å²) in [6.45, 7) is 2.91. The molecule has 6 heteroatoms. The Morgan fingerprint density at radius 1 is 1.60 bits per heavy atom. The largest absolute Gasteiger partial charge is 0.465 e. The molecule has 6 nitrogen and oxygen atoms in total. The molecule has 2 amide bonds. The molecule has 1 N–H and O–H groups in total. The van der Waals surface area contributed by atoms with Gasteiger partial charge in [-0.1, -0.05) is 0 Å². The average Bonchev–Trinajstić information content (AvgIpc) is 2.65. The molecule has 0 aromatic rings. The van der Waals surface area contributed by atoms with Gasteiger partial charge in [0, 0.05) is 20.1 Å². The van der Waals surface area contributed by atoms with Gasteiger partial charge >= 0.3 is 12.2 Å². The third-order valence-electron chi connectivity index (χ3n) is 2.54. The van der Waals surface area contributed by atoms with Gasteiger partial charge in [0.2, 0.25) is 0 Å². The molecule has 0 bridgehead atoms. The first-order valence-electron chi connectivity index (χ1n) is 4.93. The van der Waals surface area contributed by atoms with Gasteiger partial charge in [-0.2, -0.15) is 0 Å². The lowest BCUT2D eigenvalue weighted by molar-refractivity contribution is 0.101. The molecule has 1 aliphatic heterocycles. The summed E-state index contributed by atoms with van der Waals surface area (Å²) in [6.07, 6.45) is -0.661. The van der Waals surface area contributed by atoms with E-state index in [1.807, 2.05) is 0 Å². The molecule has 1 saturated heterocycles. The van der Waals surface area contributed by atoms with Crippen LogP contribution in [0.25, 0.3) is 0 Å². The van der Waals surface area contributed by atoms with Crippen LogP contribution in [0, 0.1) is 0 Å². The zero-order valence-corrected chi connectivity index (χ0v) is 8.97. The monoisotopic (exact) mass is 216 g/mol. The van der Waals surface area contributed by atoms with E-state index in [1.165, 1.54) is 9.80 Å². The molecule has 1 heterocycles. The Hall–Kier alpha value is -1.46. The summed E-state index contributed by atoms with van der Waals surface area (Å²) in [6, 6.07) is -0.0693. The molecule has 15 heavy (non-hydrogen) atoms. The van der Waals surface area contributed by atoms with Gasteiger partial charge in [-0.15, -0.1) is 0 Å². The topological polar surface area (TPSA) is 70.1 Å². The van der Waals surface area contributed by atoms with Crippen LogP contribution < -0.4 is 0 Å². The molecule has 1 aliphatic rings. The van der Waals surface area contributed by atoms with Crippen molar-refractivity contribution in [3.05, 3.63) is 0 Å². The second-order valence-electron chi connectivity index (χ2n) is 3.48. The molecular weight excluding hydrogens is 200 g/mol. The Kier molecular flexibility index (Phi) is 3.76. The molecule has 1 unspecified atom stereocenters. The third-order valence-corrected chi connectivity index (χ3v) is 2.54. The molecule has 0 saturated carbocycles. The highest BCUT2D eigenvalue weighted by atomic mass is 16.6. The van der Waals surface area contributed by atoms with Gasteiger partial charge in [-0.3, -0.25) is 0 Å². The molecule has 0 radical (unpaired) electrons. The molecule has 1 atom stereocenters. The minimum Gasteiger partial charge on any atom is -0.465 e. The van der Waals surface area contributed by atoms with Crippen molar-refractivity contribution in [1.82, 2.24) is 9.80 Å². The van der Waals surface area contributed by atoms with E-state index >= 15 is 0 Å². The molecule has 1 rings (SSSR count). The summed E-state index contributed by atoms with van der Waals surface area (Å²) in [5.74, 6) is 0. The first-order chi connectivity index (χ1) is 7.06. The molecule has 86 valence electrons. The Labute approximate surface area is 88.4 Å². The van der Waals surface area contributed by atoms with Crippen LogP contribution in [0.1, 0.15) is 13.3 Å². The van der Waals surface area contributed by atoms with Crippen molar-refractivity contribution in [2.45, 2.75) is 19.4 Å². The Balaban J connectivity index is 2.46. The smallest absolute Gasteiger partial charge is 0.409 e. The van der Waals surface area contributed by atoms with Gasteiger partial charge < -0.3 is 19.6 Å². The standard InChI is InChI=1S/C9H16N2O4/c1-3-15-9(14)10(2)7-4-5-11(6-7)8(12)13/h7H,3-6H2,1-2H3,(H,12,13). The first kappa shape index (κ1) is 11.6. The SMILES string of the molecule is CCOC(=O)N(C)C1CCN(C(=O)O)C1. The predicted octanol–water partition coefficient (Wildman–Crippen LogP) is 0.827. The average molecular weight is 216 g/mol. The minimum absolute atomic E-state index is 0.0693. The number of rotatable bonds is 2. The van der Waals surface area contributed by atoms with E-state index < -0.39 is 12.2 Å². The maximum Gasteiger partial charge on any atom is 0.409 e. The summed E-state index contributed by atoms with van der Waals surface area (Å²) >= 11 is 0. The zero-order valence-electron chi connectivity index (χ0n) is 8.97. The Morgan fingerprint density at radius 2 is 2.27 bits per heavy atom. The number of likely N-dealkylation sites (tertiary alicyclic amines) is 1. The Morgan fingerprint density at radius 3 is 2.73 bits per heavy atom. The third kappa shape index (κ3) is 2.74. The normalized spacial score (nSPS) is 20.1. The van der Waals surface area contributed by atoms with E-state index in [4.69, 9.17) is 9.84 Å². The minimum atomic E-state index is -0.935. The number of carbonyl (C=O) groups is 2. The predicted molar refractivity (Wildman–Crippen MR) is 52.8 cm³/mol. The van der Waals surface area contributed by atoms with Gasteiger partial charge in [0.15, 0.2) is 0 Å². The van der Waals surface area contributed by atoms with Crippen LogP contribution in [0.4, 0.5) is 9.59 Å². The van der Waals surface area contributed by atoms with Crippen LogP contribution in [0.2, 0.25) is 0 Å². The van der Waals surface area contributed by atoms with E-state index in [9.17, 15) is 9.59 Å². The number of hydrogen-bond donors (Lipinski definition) is 1. The van der Waals surface area contributed by atoms with Crippen molar-refractivity contribution in [3.8, 4) is 0 Å². The maximum absolute atomic E-state index is 11.3. The van der Waals surface area contributed by atoms with Crippen molar-refractivity contribution in [3.63, 3.8) is 0 Å². The molecule has 0 aliphatic carbocycles. The van der Waals surface area contributed by atoms with Crippen LogP contribution in [-0.2, 0) is 4.74 Å². The highest BCUT2D eigenvalue weighted by molar-refractivity contribution is 5.68. The van der Waals surface area contributed by atoms with Gasteiger partial charge in [-0.05, 0) is 13.3 Å². The van der Waals surface area contributed by atoms with Gasteiger partial charge in [0.1, 0.15) is 0 Å². The lowest BCUT2D eigenvalue weighted by Crippen LogP contribution is -2.40. The van der Waals surface area contributed by atoms with Crippen LogP contribution >= 0.6 is 0 Å². The van der Waals surface area contributed by atoms with E-state index in [0.717, 1.165) is 0 Å². The highest BCUT2D eigenvalue weighted by Gasteiger charge is 2.31. The first-order valence-corrected chi connectivity index (χ1v) is 4.93. The maximum atomic E-state index is 11.3. The van der Waals surface area contributed by atoms with E-state index in [2.05, 4.69) is 0 Å². The Bertz CT molecular complexity index is 256. The number of likely N-dealkylation sites (N-methyl/N-ethyl adjacent to an activating group) is 1. The van der Waals surface area contributed by atoms with Gasteiger partial charge in [0.25, 0.3) is 0 Å². The van der Waals surface area contributed by atoms with Crippen molar-refractivity contribution >= 4 is 12.2 Å². The van der Waals surface area contributed by atoms with Crippen molar-refractivity contribution in [1.29, 1.82) is 0 Å². The van der Waals surface area contributed by atoms with Crippen LogP contribution in [0.5, 0.6) is 0 Å². The fourth-order valence-corrected chi connectivity index (χ4v) is 1.61. The summed E-state index contributed by atoms with van der Waals surface area (Å²) < 4.78 is 4.83. The summed E-state index contributed by atoms with van der Waals surface area (Å²) in [5, 5.41) is 8.75. The van der Waals surface area contributed by atoms with Gasteiger partial charge in [-0.25, -0.2) is 9.59 Å². The van der Waals surface area contributed by atoms with Crippen LogP contribution in [0.15, 0.2) is 0 Å². The number of nitrogens with zero attached hydrogens (tertiary/aromatic N) is 2. The quantitative estimate of drug-likeness (QED) is 0.742. The van der Waals surface area contributed by atoms with Crippen molar-refractivity contribution < 1.29 is 19.4 Å². The summed E-state index contributed by atoms with van der Waals surface area (Å²) in [5.41, 5.74) is 0. The van der Waals surface area contributed by atoms with Crippen LogP contribution in [0.3, 0.4) is 0 Å². The number of carbonyl (C=O) groups excluding carboxylic acids is 1. The number of hydrogen-bond acceptors (Lipinski definition) is 3. The molecule has 0 aromatic carbocycles. The second-order valence-corrected chi connectivity index (χ2v) is 3.48. The van der Waals surface area contributed by atoms with Gasteiger partial charge in [0.05, 0.1) is 12.6 Å². The van der Waals surface area contributed by atoms with E-state index in [0.29, 0.717) is 26.1 Å². The van der Waals surface area contributed by atoms with Crippen molar-refractivity contribution in [2.24, 2.45) is 0 Å². The lowest BCUT2D eigenvalue weighted by atomic mass is 10.2. The molecule has 0 aromatic heterocycles. The zero-order chi connectivity index (χ0) is 11.4. The number of carboxylic acid groups (broad SMARTS) is 1. The number of ether oxygens (including phenoxy) is 1. The van der Waals surface area contributed by atoms with E-state index in [1.54, 1.807) is 14.0 Å². The second kappa shape index (κ2) is 4.86. The lowest BCUT2D eigenvalue weighted by Gasteiger charge is -2.23. The molecule has 0 spiro atoms. The van der Waals surface area contributed by atoms with E-state index in [-0.39, 0.29) is 6.04 Å². The fraction of sp³-hybridized carbons (Fsp3) is 0.778. The molecule has 1 fully saturated rings. The number of amides is 2. The highest BCUT2D eigenvalue weighted by Crippen LogP contribution is 2.15.